The number of carbonyl (C=O) groups is 1. The van der Waals surface area contributed by atoms with Crippen LogP contribution in [-0.4, -0.2) is 17.1 Å². The Morgan fingerprint density at radius 3 is 2.32 bits per heavy atom. The Morgan fingerprint density at radius 1 is 1.05 bits per heavy atom. The third kappa shape index (κ3) is 6.23. The van der Waals surface area contributed by atoms with Gasteiger partial charge in [0, 0.05) is 24.2 Å². The quantitative estimate of drug-likeness (QED) is 0.279. The van der Waals surface area contributed by atoms with Crippen molar-refractivity contribution in [3.63, 3.8) is 0 Å². The molecule has 4 nitrogen and oxygen atoms in total. The molecule has 1 aromatic heterocycles. The first kappa shape index (κ1) is 26.5. The van der Waals surface area contributed by atoms with Crippen molar-refractivity contribution in [2.45, 2.75) is 49.9 Å². The van der Waals surface area contributed by atoms with Gasteiger partial charge >= 0.3 is 12.2 Å². The van der Waals surface area contributed by atoms with Gasteiger partial charge in [0.15, 0.2) is 0 Å². The second-order valence-electron chi connectivity index (χ2n) is 9.09. The van der Waals surface area contributed by atoms with Crippen LogP contribution in [0.4, 0.5) is 22.4 Å². The summed E-state index contributed by atoms with van der Waals surface area (Å²) >= 11 is 6.04. The molecule has 0 bridgehead atoms. The summed E-state index contributed by atoms with van der Waals surface area (Å²) in [6.45, 7) is 0. The van der Waals surface area contributed by atoms with Crippen molar-refractivity contribution in [2.75, 3.05) is 0 Å². The minimum atomic E-state index is -4.81. The summed E-state index contributed by atoms with van der Waals surface area (Å²) in [7, 11) is 0. The van der Waals surface area contributed by atoms with Crippen molar-refractivity contribution < 1.29 is 22.4 Å². The third-order valence-electron chi connectivity index (χ3n) is 6.49. The van der Waals surface area contributed by atoms with Crippen LogP contribution in [0.1, 0.15) is 53.6 Å². The van der Waals surface area contributed by atoms with Crippen LogP contribution in [0, 0.1) is 18.2 Å². The van der Waals surface area contributed by atoms with Crippen molar-refractivity contribution in [3.05, 3.63) is 99.6 Å². The summed E-state index contributed by atoms with van der Waals surface area (Å²) in [5, 5.41) is 6.06. The Balaban J connectivity index is 1.89. The van der Waals surface area contributed by atoms with Crippen LogP contribution < -0.4 is 10.6 Å². The fourth-order valence-corrected chi connectivity index (χ4v) is 4.77. The number of carbonyl (C=O) groups excluding carboxylic acids is 1. The average molecular weight is 530 g/mol. The average Bonchev–Trinajstić information content (AvgIpc) is 3.36. The molecule has 3 aromatic rings. The van der Waals surface area contributed by atoms with Crippen LogP contribution in [0.2, 0.25) is 5.02 Å². The molecule has 0 aliphatic heterocycles. The lowest BCUT2D eigenvalue weighted by atomic mass is 9.79. The lowest BCUT2D eigenvalue weighted by Gasteiger charge is -2.36. The van der Waals surface area contributed by atoms with E-state index in [0.717, 1.165) is 37.8 Å². The molecule has 0 spiro atoms. The molecule has 9 heteroatoms. The minimum absolute atomic E-state index is 0.0364. The Morgan fingerprint density at radius 2 is 1.73 bits per heavy atom. The predicted molar refractivity (Wildman–Crippen MR) is 133 cm³/mol. The minimum Gasteiger partial charge on any atom is -0.335 e. The zero-order valence-electron chi connectivity index (χ0n) is 19.7. The van der Waals surface area contributed by atoms with E-state index < -0.39 is 29.1 Å². The fraction of sp³-hybridized carbons (Fsp3) is 0.286. The second kappa shape index (κ2) is 10.8. The van der Waals surface area contributed by atoms with E-state index in [0.29, 0.717) is 22.2 Å². The van der Waals surface area contributed by atoms with Crippen LogP contribution in [0.15, 0.2) is 60.8 Å². The van der Waals surface area contributed by atoms with Crippen LogP contribution in [0.5, 0.6) is 0 Å². The number of terminal acetylenes is 1. The summed E-state index contributed by atoms with van der Waals surface area (Å²) in [4.78, 5) is 17.6. The lowest BCUT2D eigenvalue weighted by molar-refractivity contribution is -0.137. The number of nitrogens with one attached hydrogen (secondary N) is 2. The van der Waals surface area contributed by atoms with Crippen molar-refractivity contribution in [1.82, 2.24) is 15.6 Å². The van der Waals surface area contributed by atoms with Gasteiger partial charge in [-0.2, -0.15) is 13.2 Å². The molecular formula is C28H24ClF4N3O. The molecule has 192 valence electrons. The number of benzene rings is 2. The second-order valence-corrected chi connectivity index (χ2v) is 9.53. The first-order valence-electron chi connectivity index (χ1n) is 11.7. The Kier molecular flexibility index (Phi) is 7.74. The Bertz CT molecular complexity index is 1300. The fourth-order valence-electron chi connectivity index (χ4n) is 4.66. The van der Waals surface area contributed by atoms with E-state index in [1.807, 2.05) is 0 Å². The highest BCUT2D eigenvalue weighted by atomic mass is 35.5. The zero-order chi connectivity index (χ0) is 26.6. The van der Waals surface area contributed by atoms with E-state index in [4.69, 9.17) is 18.0 Å². The molecular weight excluding hydrogens is 506 g/mol. The number of alkyl halides is 3. The predicted octanol–water partition coefficient (Wildman–Crippen LogP) is 6.60. The molecule has 37 heavy (non-hydrogen) atoms. The number of halogens is 5. The molecule has 1 saturated carbocycles. The lowest BCUT2D eigenvalue weighted by Crippen LogP contribution is -2.54. The zero-order valence-corrected chi connectivity index (χ0v) is 20.5. The first-order chi connectivity index (χ1) is 17.6. The molecule has 0 unspecified atom stereocenters. The Labute approximate surface area is 217 Å². The van der Waals surface area contributed by atoms with Gasteiger partial charge in [0.1, 0.15) is 11.4 Å². The van der Waals surface area contributed by atoms with Crippen LogP contribution >= 0.6 is 11.6 Å². The number of nitrogens with zero attached hydrogens (tertiary/aromatic N) is 1. The summed E-state index contributed by atoms with van der Waals surface area (Å²) < 4.78 is 55.8. The standard InChI is InChI=1S/C28H24ClF4N3O/c1-2-18-7-9-19(10-8-18)16-27(25-12-11-22(29)17-34-25,36-26(37)35-24-5-3-4-6-24)20-13-21(28(31,32)33)15-23(30)14-20/h1,7-15,17,24H,3-6,16H2,(H2,35,36,37)/t27-/m1/s1. The number of rotatable bonds is 6. The monoisotopic (exact) mass is 529 g/mol. The van der Waals surface area contributed by atoms with Crippen LogP contribution in [0.3, 0.4) is 0 Å². The topological polar surface area (TPSA) is 54.0 Å². The largest absolute Gasteiger partial charge is 0.416 e. The number of hydrogen-bond donors (Lipinski definition) is 2. The maximum absolute atomic E-state index is 14.7. The molecule has 0 saturated heterocycles. The van der Waals surface area contributed by atoms with E-state index in [2.05, 4.69) is 21.5 Å². The number of pyridine rings is 1. The summed E-state index contributed by atoms with van der Waals surface area (Å²) in [5.41, 5.74) is -1.53. The smallest absolute Gasteiger partial charge is 0.335 e. The normalized spacial score (nSPS) is 15.6. The molecule has 1 fully saturated rings. The van der Waals surface area contributed by atoms with Gasteiger partial charge in [-0.3, -0.25) is 4.98 Å². The molecule has 1 heterocycles. The Hall–Kier alpha value is -3.57. The van der Waals surface area contributed by atoms with Gasteiger partial charge in [-0.25, -0.2) is 9.18 Å². The molecule has 1 aliphatic carbocycles. The van der Waals surface area contributed by atoms with E-state index in [-0.39, 0.29) is 23.7 Å². The highest BCUT2D eigenvalue weighted by molar-refractivity contribution is 6.30. The summed E-state index contributed by atoms with van der Waals surface area (Å²) in [5.74, 6) is 1.42. The van der Waals surface area contributed by atoms with Crippen molar-refractivity contribution in [1.29, 1.82) is 0 Å². The molecule has 2 aromatic carbocycles. The van der Waals surface area contributed by atoms with Gasteiger partial charge in [-0.1, -0.05) is 42.5 Å². The molecule has 4 rings (SSSR count). The summed E-state index contributed by atoms with van der Waals surface area (Å²) in [6, 6.07) is 11.4. The van der Waals surface area contributed by atoms with Gasteiger partial charge in [0.2, 0.25) is 0 Å². The maximum atomic E-state index is 14.7. The van der Waals surface area contributed by atoms with Gasteiger partial charge in [0.05, 0.1) is 16.3 Å². The first-order valence-corrected chi connectivity index (χ1v) is 12.1. The molecule has 1 aliphatic rings. The summed E-state index contributed by atoms with van der Waals surface area (Å²) in [6.07, 6.45) is 5.47. The highest BCUT2D eigenvalue weighted by Gasteiger charge is 2.41. The van der Waals surface area contributed by atoms with Crippen molar-refractivity contribution >= 4 is 17.6 Å². The number of amides is 2. The molecule has 2 N–H and O–H groups in total. The van der Waals surface area contributed by atoms with E-state index >= 15 is 0 Å². The molecule has 1 atom stereocenters. The third-order valence-corrected chi connectivity index (χ3v) is 6.71. The molecule has 2 amide bonds. The van der Waals surface area contributed by atoms with E-state index in [1.165, 1.54) is 18.3 Å². The molecule has 0 radical (unpaired) electrons. The van der Waals surface area contributed by atoms with E-state index in [1.54, 1.807) is 24.3 Å². The van der Waals surface area contributed by atoms with Crippen LogP contribution in [-0.2, 0) is 18.1 Å². The van der Waals surface area contributed by atoms with Crippen molar-refractivity contribution in [2.24, 2.45) is 0 Å². The van der Waals surface area contributed by atoms with Gasteiger partial charge in [0.25, 0.3) is 0 Å². The number of aromatic nitrogens is 1. The van der Waals surface area contributed by atoms with Gasteiger partial charge in [-0.05, 0) is 66.4 Å². The maximum Gasteiger partial charge on any atom is 0.416 e. The highest BCUT2D eigenvalue weighted by Crippen LogP contribution is 2.38. The van der Waals surface area contributed by atoms with E-state index in [9.17, 15) is 22.4 Å². The number of urea groups is 1. The van der Waals surface area contributed by atoms with Gasteiger partial charge in [-0.15, -0.1) is 6.42 Å². The number of hydrogen-bond acceptors (Lipinski definition) is 2. The van der Waals surface area contributed by atoms with Gasteiger partial charge < -0.3 is 10.6 Å². The SMILES string of the molecule is C#Cc1ccc(C[C@@](NC(=O)NC2CCCC2)(c2cc(F)cc(C(F)(F)F)c2)c2ccc(Cl)cn2)cc1. The van der Waals surface area contributed by atoms with Crippen LogP contribution in [0.25, 0.3) is 0 Å². The van der Waals surface area contributed by atoms with Crippen molar-refractivity contribution in [3.8, 4) is 12.3 Å².